The van der Waals surface area contributed by atoms with Crippen LogP contribution in [0.25, 0.3) is 6.08 Å². The molecule has 3 aliphatic heterocycles. The van der Waals surface area contributed by atoms with E-state index in [0.29, 0.717) is 22.0 Å². The molecule has 2 aromatic rings. The predicted molar refractivity (Wildman–Crippen MR) is 161 cm³/mol. The molecule has 0 spiro atoms. The lowest BCUT2D eigenvalue weighted by Gasteiger charge is -2.50. The van der Waals surface area contributed by atoms with Crippen LogP contribution in [0.1, 0.15) is 63.6 Å². The van der Waals surface area contributed by atoms with Gasteiger partial charge in [0.1, 0.15) is 0 Å². The van der Waals surface area contributed by atoms with E-state index < -0.39 is 0 Å². The number of benzene rings is 2. The fraction of sp³-hybridized carbons (Fsp3) is 0.484. The third-order valence-electron chi connectivity index (χ3n) is 7.92. The Hall–Kier alpha value is -2.77. The maximum Gasteiger partial charge on any atom is 0.266 e. The van der Waals surface area contributed by atoms with Gasteiger partial charge in [-0.2, -0.15) is 0 Å². The molecule has 0 saturated carbocycles. The van der Waals surface area contributed by atoms with Gasteiger partial charge in [-0.15, -0.1) is 0 Å². The zero-order valence-corrected chi connectivity index (χ0v) is 24.6. The fourth-order valence-electron chi connectivity index (χ4n) is 6.21. The number of nitrogens with zero attached hydrogens (tertiary/aromatic N) is 4. The minimum absolute atomic E-state index is 0.00574. The highest BCUT2D eigenvalue weighted by Crippen LogP contribution is 2.46. The lowest BCUT2D eigenvalue weighted by Crippen LogP contribution is -2.51. The van der Waals surface area contributed by atoms with Gasteiger partial charge in [-0.3, -0.25) is 9.69 Å². The highest BCUT2D eigenvalue weighted by atomic mass is 32.2. The highest BCUT2D eigenvalue weighted by Gasteiger charge is 2.38. The van der Waals surface area contributed by atoms with Crippen molar-refractivity contribution in [1.82, 2.24) is 4.90 Å². The number of aliphatic imine (C=N–C) groups is 1. The number of fused-ring (bicyclic) bond motifs is 1. The number of aryl methyl sites for hydroxylation is 1. The standard InChI is InChI=1S/C31H40N4O2S/c1-20(2)35-27-16-21(3)23(17-26(27)22(4)19-31(35,5)6)18-28-29(36)33(7)30(38-28)32-24-8-10-25(11-9-24)34-12-14-37-15-13-34/h8-11,16-18,20,22H,12-15,19H2,1-7H3/b28-18-,32-30?. The van der Waals surface area contributed by atoms with E-state index >= 15 is 0 Å². The van der Waals surface area contributed by atoms with E-state index in [1.165, 1.54) is 34.3 Å². The van der Waals surface area contributed by atoms with Gasteiger partial charge in [0.15, 0.2) is 5.17 Å². The molecule has 0 radical (unpaired) electrons. The topological polar surface area (TPSA) is 48.4 Å². The molecule has 38 heavy (non-hydrogen) atoms. The third-order valence-corrected chi connectivity index (χ3v) is 8.98. The molecule has 2 saturated heterocycles. The molecule has 3 heterocycles. The van der Waals surface area contributed by atoms with Crippen LogP contribution in [0.3, 0.4) is 0 Å². The Morgan fingerprint density at radius 2 is 1.82 bits per heavy atom. The monoisotopic (exact) mass is 532 g/mol. The van der Waals surface area contributed by atoms with Crippen LogP contribution in [0.5, 0.6) is 0 Å². The summed E-state index contributed by atoms with van der Waals surface area (Å²) in [5.74, 6) is 0.453. The minimum atomic E-state index is -0.00574. The summed E-state index contributed by atoms with van der Waals surface area (Å²) in [4.78, 5) is 25.3. The van der Waals surface area contributed by atoms with Crippen LogP contribution in [0.15, 0.2) is 46.3 Å². The SMILES string of the molecule is Cc1cc2c(cc1/C=C1\SC(=Nc3ccc(N4CCOCC4)cc3)N(C)C1=O)C(C)CC(C)(C)N2C(C)C. The van der Waals surface area contributed by atoms with Gasteiger partial charge in [-0.1, -0.05) is 6.92 Å². The molecule has 0 bridgehead atoms. The van der Waals surface area contributed by atoms with E-state index in [1.54, 1.807) is 4.90 Å². The van der Waals surface area contributed by atoms with Gasteiger partial charge >= 0.3 is 0 Å². The number of amides is 1. The van der Waals surface area contributed by atoms with Gasteiger partial charge in [0.2, 0.25) is 0 Å². The number of hydrogen-bond donors (Lipinski definition) is 0. The van der Waals surface area contributed by atoms with E-state index in [9.17, 15) is 4.79 Å². The number of anilines is 2. The Bertz CT molecular complexity index is 1280. The molecule has 5 rings (SSSR count). The molecular weight excluding hydrogens is 492 g/mol. The quantitative estimate of drug-likeness (QED) is 0.417. The van der Waals surface area contributed by atoms with Crippen molar-refractivity contribution in [2.75, 3.05) is 43.2 Å². The predicted octanol–water partition coefficient (Wildman–Crippen LogP) is 6.57. The van der Waals surface area contributed by atoms with E-state index in [2.05, 4.69) is 81.7 Å². The van der Waals surface area contributed by atoms with E-state index in [-0.39, 0.29) is 11.4 Å². The molecular formula is C31H40N4O2S. The number of amidine groups is 1. The van der Waals surface area contributed by atoms with E-state index in [0.717, 1.165) is 44.0 Å². The minimum Gasteiger partial charge on any atom is -0.378 e. The summed E-state index contributed by atoms with van der Waals surface area (Å²) < 4.78 is 5.46. The fourth-order valence-corrected chi connectivity index (χ4v) is 7.19. The van der Waals surface area contributed by atoms with Crippen molar-refractivity contribution in [3.8, 4) is 0 Å². The summed E-state index contributed by atoms with van der Waals surface area (Å²) in [6.45, 7) is 17.0. The molecule has 6 nitrogen and oxygen atoms in total. The van der Waals surface area contributed by atoms with Gasteiger partial charge in [0.05, 0.1) is 23.8 Å². The van der Waals surface area contributed by atoms with Crippen LogP contribution >= 0.6 is 11.8 Å². The number of likely N-dealkylation sites (N-methyl/N-ethyl adjacent to an activating group) is 1. The van der Waals surface area contributed by atoms with Gasteiger partial charge in [0, 0.05) is 43.1 Å². The Balaban J connectivity index is 1.41. The molecule has 1 atom stereocenters. The second-order valence-electron chi connectivity index (χ2n) is 11.6. The number of ether oxygens (including phenoxy) is 1. The van der Waals surface area contributed by atoms with Crippen LogP contribution in [0.2, 0.25) is 0 Å². The zero-order valence-electron chi connectivity index (χ0n) is 23.7. The van der Waals surface area contributed by atoms with Crippen molar-refractivity contribution in [1.29, 1.82) is 0 Å². The highest BCUT2D eigenvalue weighted by molar-refractivity contribution is 8.18. The molecule has 7 heteroatoms. The van der Waals surface area contributed by atoms with Gasteiger partial charge < -0.3 is 14.5 Å². The first-order chi connectivity index (χ1) is 18.0. The molecule has 3 aliphatic rings. The average molecular weight is 533 g/mol. The molecule has 1 amide bonds. The van der Waals surface area contributed by atoms with Crippen LogP contribution in [-0.4, -0.2) is 60.9 Å². The Morgan fingerprint density at radius 3 is 2.47 bits per heavy atom. The first kappa shape index (κ1) is 26.8. The number of carbonyl (C=O) groups excluding carboxylic acids is 1. The van der Waals surface area contributed by atoms with Crippen molar-refractivity contribution < 1.29 is 9.53 Å². The summed E-state index contributed by atoms with van der Waals surface area (Å²) in [6.07, 6.45) is 3.16. The van der Waals surface area contributed by atoms with Crippen molar-refractivity contribution >= 4 is 46.0 Å². The number of thioether (sulfide) groups is 1. The molecule has 202 valence electrons. The van der Waals surface area contributed by atoms with Crippen molar-refractivity contribution in [2.45, 2.75) is 65.5 Å². The van der Waals surface area contributed by atoms with Crippen LogP contribution in [0, 0.1) is 6.92 Å². The average Bonchev–Trinajstić information content (AvgIpc) is 3.13. The summed E-state index contributed by atoms with van der Waals surface area (Å²) >= 11 is 1.45. The lowest BCUT2D eigenvalue weighted by molar-refractivity contribution is -0.121. The van der Waals surface area contributed by atoms with Gasteiger partial charge in [0.25, 0.3) is 5.91 Å². The summed E-state index contributed by atoms with van der Waals surface area (Å²) in [5.41, 5.74) is 7.13. The van der Waals surface area contributed by atoms with Crippen molar-refractivity contribution in [3.05, 3.63) is 58.0 Å². The van der Waals surface area contributed by atoms with Gasteiger partial charge in [-0.25, -0.2) is 4.99 Å². The second-order valence-corrected chi connectivity index (χ2v) is 12.6. The third kappa shape index (κ3) is 5.10. The first-order valence-electron chi connectivity index (χ1n) is 13.7. The maximum absolute atomic E-state index is 13.2. The number of morpholine rings is 1. The Labute approximate surface area is 231 Å². The number of rotatable bonds is 4. The molecule has 0 aliphatic carbocycles. The molecule has 2 aromatic carbocycles. The summed E-state index contributed by atoms with van der Waals surface area (Å²) in [7, 11) is 1.81. The Morgan fingerprint density at radius 1 is 1.13 bits per heavy atom. The van der Waals surface area contributed by atoms with Crippen molar-refractivity contribution in [3.63, 3.8) is 0 Å². The lowest BCUT2D eigenvalue weighted by atomic mass is 9.78. The second kappa shape index (κ2) is 10.4. The first-order valence-corrected chi connectivity index (χ1v) is 14.5. The zero-order chi connectivity index (χ0) is 27.2. The van der Waals surface area contributed by atoms with E-state index in [4.69, 9.17) is 9.73 Å². The summed E-state index contributed by atoms with van der Waals surface area (Å²) in [5, 5.41) is 0.706. The Kier molecular flexibility index (Phi) is 7.35. The van der Waals surface area contributed by atoms with E-state index in [1.807, 2.05) is 19.2 Å². The molecule has 0 N–H and O–H groups in total. The van der Waals surface area contributed by atoms with Crippen LogP contribution < -0.4 is 9.80 Å². The molecule has 2 fully saturated rings. The normalized spacial score (nSPS) is 23.6. The number of carbonyl (C=O) groups is 1. The maximum atomic E-state index is 13.2. The summed E-state index contributed by atoms with van der Waals surface area (Å²) in [6, 6.07) is 13.3. The van der Waals surface area contributed by atoms with Gasteiger partial charge in [-0.05, 0) is 118 Å². The molecule has 0 aromatic heterocycles. The van der Waals surface area contributed by atoms with Crippen LogP contribution in [-0.2, 0) is 9.53 Å². The van der Waals surface area contributed by atoms with Crippen molar-refractivity contribution in [2.24, 2.45) is 4.99 Å². The largest absolute Gasteiger partial charge is 0.378 e. The smallest absolute Gasteiger partial charge is 0.266 e. The molecule has 1 unspecified atom stereocenters. The number of hydrogen-bond acceptors (Lipinski definition) is 6. The van der Waals surface area contributed by atoms with Crippen LogP contribution in [0.4, 0.5) is 17.1 Å².